The van der Waals surface area contributed by atoms with Crippen LogP contribution in [0.15, 0.2) is 65.8 Å². The second-order valence-corrected chi connectivity index (χ2v) is 7.40. The number of anilines is 1. The molecule has 0 spiro atoms. The van der Waals surface area contributed by atoms with Crippen LogP contribution in [-0.4, -0.2) is 17.2 Å². The van der Waals surface area contributed by atoms with Gasteiger partial charge >= 0.3 is 0 Å². The van der Waals surface area contributed by atoms with E-state index in [1.807, 2.05) is 24.3 Å². The van der Waals surface area contributed by atoms with E-state index >= 15 is 0 Å². The number of phenolic OH excluding ortho intramolecular Hbond substituents is 1. The summed E-state index contributed by atoms with van der Waals surface area (Å²) < 4.78 is 0. The van der Waals surface area contributed by atoms with Crippen LogP contribution in [0.4, 0.5) is 5.69 Å². The summed E-state index contributed by atoms with van der Waals surface area (Å²) in [5.74, 6) is -0.117. The molecule has 0 saturated heterocycles. The van der Waals surface area contributed by atoms with Gasteiger partial charge in [0.1, 0.15) is 5.75 Å². The molecule has 0 bridgehead atoms. The van der Waals surface area contributed by atoms with Crippen LogP contribution in [0.5, 0.6) is 5.75 Å². The summed E-state index contributed by atoms with van der Waals surface area (Å²) in [7, 11) is 0. The monoisotopic (exact) mass is 385 g/mol. The number of hydrazone groups is 1. The Bertz CT molecular complexity index is 1060. The summed E-state index contributed by atoms with van der Waals surface area (Å²) in [5.41, 5.74) is 10.3. The molecule has 1 heterocycles. The Morgan fingerprint density at radius 3 is 2.28 bits per heavy atom. The van der Waals surface area contributed by atoms with Gasteiger partial charge in [0.2, 0.25) is 0 Å². The maximum absolute atomic E-state index is 12.3. The molecule has 5 heteroatoms. The molecule has 1 amide bonds. The molecule has 0 unspecified atom stereocenters. The number of nitrogens with zero attached hydrogens (tertiary/aromatic N) is 2. The highest BCUT2D eigenvalue weighted by atomic mass is 16.3. The third kappa shape index (κ3) is 4.14. The zero-order valence-corrected chi connectivity index (χ0v) is 16.5. The van der Waals surface area contributed by atoms with E-state index < -0.39 is 0 Å². The van der Waals surface area contributed by atoms with Gasteiger partial charge in [0.15, 0.2) is 0 Å². The predicted octanol–water partition coefficient (Wildman–Crippen LogP) is 4.29. The number of nitrogens with one attached hydrogen (secondary N) is 1. The minimum Gasteiger partial charge on any atom is -0.508 e. The van der Waals surface area contributed by atoms with Crippen molar-refractivity contribution in [3.05, 3.63) is 94.0 Å². The third-order valence-corrected chi connectivity index (χ3v) is 5.28. The van der Waals surface area contributed by atoms with Gasteiger partial charge in [-0.15, -0.1) is 0 Å². The topological polar surface area (TPSA) is 64.9 Å². The Balaban J connectivity index is 1.40. The van der Waals surface area contributed by atoms with E-state index in [0.717, 1.165) is 18.8 Å². The van der Waals surface area contributed by atoms with Gasteiger partial charge < -0.3 is 10.0 Å². The van der Waals surface area contributed by atoms with Crippen molar-refractivity contribution in [2.45, 2.75) is 26.9 Å². The molecule has 1 aliphatic rings. The molecule has 0 aliphatic carbocycles. The molecule has 0 saturated carbocycles. The van der Waals surface area contributed by atoms with Crippen LogP contribution in [0.25, 0.3) is 0 Å². The second kappa shape index (κ2) is 7.80. The lowest BCUT2D eigenvalue weighted by atomic mass is 10.0. The molecule has 29 heavy (non-hydrogen) atoms. The van der Waals surface area contributed by atoms with Crippen molar-refractivity contribution in [2.24, 2.45) is 5.10 Å². The fraction of sp³-hybridized carbons (Fsp3) is 0.167. The Labute approximate surface area is 170 Å². The molecule has 0 aromatic heterocycles. The zero-order valence-electron chi connectivity index (χ0n) is 16.5. The van der Waals surface area contributed by atoms with E-state index in [1.165, 1.54) is 28.5 Å². The number of hydrogen-bond acceptors (Lipinski definition) is 4. The summed E-state index contributed by atoms with van der Waals surface area (Å²) in [4.78, 5) is 14.6. The van der Waals surface area contributed by atoms with Gasteiger partial charge in [-0.25, -0.2) is 5.43 Å². The van der Waals surface area contributed by atoms with Crippen molar-refractivity contribution in [1.29, 1.82) is 0 Å². The van der Waals surface area contributed by atoms with E-state index in [4.69, 9.17) is 0 Å². The van der Waals surface area contributed by atoms with Crippen molar-refractivity contribution in [1.82, 2.24) is 5.43 Å². The van der Waals surface area contributed by atoms with E-state index in [-0.39, 0.29) is 11.7 Å². The lowest BCUT2D eigenvalue weighted by Crippen LogP contribution is -2.18. The summed E-state index contributed by atoms with van der Waals surface area (Å²) >= 11 is 0. The minimum atomic E-state index is -0.274. The minimum absolute atomic E-state index is 0.158. The lowest BCUT2D eigenvalue weighted by molar-refractivity contribution is 0.0955. The fourth-order valence-electron chi connectivity index (χ4n) is 3.54. The van der Waals surface area contributed by atoms with E-state index in [9.17, 15) is 9.90 Å². The smallest absolute Gasteiger partial charge is 0.271 e. The first-order valence-corrected chi connectivity index (χ1v) is 9.56. The zero-order chi connectivity index (χ0) is 20.4. The molecule has 0 fully saturated rings. The van der Waals surface area contributed by atoms with Crippen LogP contribution in [0.3, 0.4) is 0 Å². The fourth-order valence-corrected chi connectivity index (χ4v) is 3.54. The van der Waals surface area contributed by atoms with Gasteiger partial charge in [-0.2, -0.15) is 5.10 Å². The first-order chi connectivity index (χ1) is 14.0. The van der Waals surface area contributed by atoms with Crippen molar-refractivity contribution in [2.75, 3.05) is 4.90 Å². The SMILES string of the molecule is Cc1cc2c(cc1C)CN(c1ccc(C(=O)N/N=C\c3cccc(O)c3)cc1)C2. The van der Waals surface area contributed by atoms with Crippen LogP contribution in [0.1, 0.15) is 38.2 Å². The number of carbonyl (C=O) groups is 1. The number of phenols is 1. The lowest BCUT2D eigenvalue weighted by Gasteiger charge is -2.17. The Morgan fingerprint density at radius 2 is 1.66 bits per heavy atom. The van der Waals surface area contributed by atoms with Crippen LogP contribution in [0, 0.1) is 13.8 Å². The number of amides is 1. The predicted molar refractivity (Wildman–Crippen MR) is 115 cm³/mol. The maximum atomic E-state index is 12.3. The number of carbonyl (C=O) groups excluding carboxylic acids is 1. The van der Waals surface area contributed by atoms with Crippen molar-refractivity contribution in [3.8, 4) is 5.75 Å². The van der Waals surface area contributed by atoms with Crippen molar-refractivity contribution < 1.29 is 9.90 Å². The van der Waals surface area contributed by atoms with Gasteiger partial charge in [-0.05, 0) is 78.1 Å². The summed E-state index contributed by atoms with van der Waals surface area (Å²) in [6.45, 7) is 6.07. The quantitative estimate of drug-likeness (QED) is 0.520. The van der Waals surface area contributed by atoms with Crippen molar-refractivity contribution >= 4 is 17.8 Å². The van der Waals surface area contributed by atoms with Gasteiger partial charge in [0.05, 0.1) is 6.21 Å². The number of benzene rings is 3. The molecule has 1 aliphatic heterocycles. The molecular formula is C24H23N3O2. The standard InChI is InChI=1S/C24H23N3O2/c1-16-10-20-14-27(15-21(20)11-17(16)2)22-8-6-19(7-9-22)24(29)26-25-13-18-4-3-5-23(28)12-18/h3-13,28H,14-15H2,1-2H3,(H,26,29)/b25-13-. The molecule has 0 atom stereocenters. The average molecular weight is 385 g/mol. The van der Waals surface area contributed by atoms with Gasteiger partial charge in [-0.3, -0.25) is 4.79 Å². The molecule has 146 valence electrons. The van der Waals surface area contributed by atoms with Gasteiger partial charge in [-0.1, -0.05) is 24.3 Å². The van der Waals surface area contributed by atoms with Crippen LogP contribution >= 0.6 is 0 Å². The second-order valence-electron chi connectivity index (χ2n) is 7.40. The molecule has 3 aromatic carbocycles. The number of rotatable bonds is 4. The molecule has 3 aromatic rings. The number of aromatic hydroxyl groups is 1. The van der Waals surface area contributed by atoms with Crippen LogP contribution in [0.2, 0.25) is 0 Å². The molecule has 5 nitrogen and oxygen atoms in total. The Morgan fingerprint density at radius 1 is 1.00 bits per heavy atom. The highest BCUT2D eigenvalue weighted by molar-refractivity contribution is 5.95. The third-order valence-electron chi connectivity index (χ3n) is 5.28. The molecular weight excluding hydrogens is 362 g/mol. The first-order valence-electron chi connectivity index (χ1n) is 9.56. The maximum Gasteiger partial charge on any atom is 0.271 e. The van der Waals surface area contributed by atoms with Crippen LogP contribution < -0.4 is 10.3 Å². The molecule has 0 radical (unpaired) electrons. The van der Waals surface area contributed by atoms with Crippen LogP contribution in [-0.2, 0) is 13.1 Å². The number of aryl methyl sites for hydroxylation is 2. The summed E-state index contributed by atoms with van der Waals surface area (Å²) in [5, 5.41) is 13.4. The van der Waals surface area contributed by atoms with E-state index in [0.29, 0.717) is 11.1 Å². The average Bonchev–Trinajstić information content (AvgIpc) is 3.11. The highest BCUT2D eigenvalue weighted by Gasteiger charge is 2.20. The largest absolute Gasteiger partial charge is 0.508 e. The number of fused-ring (bicyclic) bond motifs is 1. The van der Waals surface area contributed by atoms with E-state index in [2.05, 4.69) is 41.4 Å². The van der Waals surface area contributed by atoms with Gasteiger partial charge in [0.25, 0.3) is 5.91 Å². The molecule has 2 N–H and O–H groups in total. The van der Waals surface area contributed by atoms with E-state index in [1.54, 1.807) is 24.3 Å². The van der Waals surface area contributed by atoms with Gasteiger partial charge in [0, 0.05) is 24.3 Å². The van der Waals surface area contributed by atoms with Crippen molar-refractivity contribution in [3.63, 3.8) is 0 Å². The Hall–Kier alpha value is -3.60. The first kappa shape index (κ1) is 18.7. The summed E-state index contributed by atoms with van der Waals surface area (Å²) in [6, 6.07) is 18.8. The normalized spacial score (nSPS) is 13.0. The summed E-state index contributed by atoms with van der Waals surface area (Å²) in [6.07, 6.45) is 1.50. The molecule has 4 rings (SSSR count). The highest BCUT2D eigenvalue weighted by Crippen LogP contribution is 2.30. The number of hydrogen-bond donors (Lipinski definition) is 2. The Kier molecular flexibility index (Phi) is 5.04.